The van der Waals surface area contributed by atoms with Crippen molar-refractivity contribution >= 4 is 16.9 Å². The van der Waals surface area contributed by atoms with E-state index in [1.807, 2.05) is 24.3 Å². The van der Waals surface area contributed by atoms with Gasteiger partial charge in [0.05, 0.1) is 21.3 Å². The first kappa shape index (κ1) is 17.9. The maximum atomic E-state index is 12.6. The van der Waals surface area contributed by atoms with E-state index < -0.39 is 6.23 Å². The van der Waals surface area contributed by atoms with Gasteiger partial charge < -0.3 is 23.9 Å². The number of carbonyl (C=O) groups excluding carboxylic acids is 1. The Bertz CT molecular complexity index is 1120. The lowest BCUT2D eigenvalue weighted by molar-refractivity contribution is -0.0295. The molecule has 7 heteroatoms. The van der Waals surface area contributed by atoms with Crippen LogP contribution in [0.3, 0.4) is 0 Å². The predicted octanol–water partition coefficient (Wildman–Crippen LogP) is 3.42. The highest BCUT2D eigenvalue weighted by Gasteiger charge is 2.40. The summed E-state index contributed by atoms with van der Waals surface area (Å²) in [7, 11) is 4.76. The number of aromatic nitrogens is 1. The molecule has 7 nitrogen and oxygen atoms in total. The molecule has 3 aromatic rings. The third kappa shape index (κ3) is 2.65. The van der Waals surface area contributed by atoms with E-state index in [1.165, 1.54) is 18.1 Å². The Kier molecular flexibility index (Phi) is 4.13. The molecule has 29 heavy (non-hydrogen) atoms. The number of aromatic amines is 1. The maximum Gasteiger partial charge on any atom is 0.344 e. The fourth-order valence-corrected chi connectivity index (χ4v) is 4.42. The molecular formula is C22H22N2O5. The SMILES string of the molecule is COc1ccc2[nH]c3c(c2c1)CCN([C@H]1OC(=O)c2c1ccc(OC)c2OC)C3. The molecule has 3 heterocycles. The van der Waals surface area contributed by atoms with Gasteiger partial charge >= 0.3 is 5.97 Å². The van der Waals surface area contributed by atoms with Gasteiger partial charge in [-0.05, 0) is 42.3 Å². The van der Waals surface area contributed by atoms with Gasteiger partial charge in [-0.2, -0.15) is 0 Å². The number of carbonyl (C=O) groups is 1. The van der Waals surface area contributed by atoms with E-state index >= 15 is 0 Å². The monoisotopic (exact) mass is 394 g/mol. The molecule has 2 aliphatic rings. The molecule has 0 radical (unpaired) electrons. The molecule has 2 aromatic carbocycles. The van der Waals surface area contributed by atoms with E-state index in [9.17, 15) is 4.79 Å². The van der Waals surface area contributed by atoms with Crippen molar-refractivity contribution in [3.63, 3.8) is 0 Å². The largest absolute Gasteiger partial charge is 0.497 e. The highest BCUT2D eigenvalue weighted by molar-refractivity contribution is 5.98. The van der Waals surface area contributed by atoms with Gasteiger partial charge in [-0.15, -0.1) is 0 Å². The van der Waals surface area contributed by atoms with Crippen LogP contribution in [0.5, 0.6) is 17.2 Å². The molecular weight excluding hydrogens is 372 g/mol. The standard InChI is InChI=1S/C22H22N2O5/c1-26-12-4-6-16-15(10-12)13-8-9-24(11-17(13)23-16)21-14-5-7-18(27-2)20(28-3)19(14)22(25)29-21/h4-7,10,21,23H,8-9,11H2,1-3H3/t21-/m0/s1. The van der Waals surface area contributed by atoms with Crippen LogP contribution in [0, 0.1) is 0 Å². The number of nitrogens with one attached hydrogen (secondary N) is 1. The number of cyclic esters (lactones) is 1. The van der Waals surface area contributed by atoms with Crippen molar-refractivity contribution in [1.29, 1.82) is 0 Å². The van der Waals surface area contributed by atoms with Crippen molar-refractivity contribution in [2.75, 3.05) is 27.9 Å². The van der Waals surface area contributed by atoms with E-state index in [-0.39, 0.29) is 5.97 Å². The third-order valence-corrected chi connectivity index (χ3v) is 5.81. The third-order valence-electron chi connectivity index (χ3n) is 5.81. The number of rotatable bonds is 4. The Morgan fingerprint density at radius 3 is 2.72 bits per heavy atom. The minimum atomic E-state index is -0.439. The molecule has 0 saturated heterocycles. The van der Waals surface area contributed by atoms with E-state index in [1.54, 1.807) is 14.2 Å². The van der Waals surface area contributed by atoms with Crippen molar-refractivity contribution in [2.24, 2.45) is 0 Å². The summed E-state index contributed by atoms with van der Waals surface area (Å²) in [6.45, 7) is 1.45. The summed E-state index contributed by atoms with van der Waals surface area (Å²) in [5.41, 5.74) is 4.79. The Balaban J connectivity index is 1.50. The zero-order valence-corrected chi connectivity index (χ0v) is 16.6. The van der Waals surface area contributed by atoms with E-state index in [0.717, 1.165) is 35.5 Å². The predicted molar refractivity (Wildman–Crippen MR) is 107 cm³/mol. The number of hydrogen-bond acceptors (Lipinski definition) is 6. The van der Waals surface area contributed by atoms with Crippen molar-refractivity contribution in [3.8, 4) is 17.2 Å². The van der Waals surface area contributed by atoms with Crippen LogP contribution in [0.2, 0.25) is 0 Å². The molecule has 0 aliphatic carbocycles. The van der Waals surface area contributed by atoms with Crippen molar-refractivity contribution < 1.29 is 23.7 Å². The summed E-state index contributed by atoms with van der Waals surface area (Å²) in [5, 5.41) is 1.19. The molecule has 1 aromatic heterocycles. The number of ether oxygens (including phenoxy) is 4. The fraction of sp³-hybridized carbons (Fsp3) is 0.318. The normalized spacial score (nSPS) is 18.3. The molecule has 150 valence electrons. The number of H-pyrrole nitrogens is 1. The summed E-state index contributed by atoms with van der Waals surface area (Å²) in [5.74, 6) is 1.41. The lowest BCUT2D eigenvalue weighted by Gasteiger charge is -2.31. The summed E-state index contributed by atoms with van der Waals surface area (Å²) >= 11 is 0. The Morgan fingerprint density at radius 2 is 1.97 bits per heavy atom. The maximum absolute atomic E-state index is 12.6. The Morgan fingerprint density at radius 1 is 1.10 bits per heavy atom. The zero-order chi connectivity index (χ0) is 20.1. The molecule has 0 bridgehead atoms. The van der Waals surface area contributed by atoms with Crippen LogP contribution in [0.1, 0.15) is 33.4 Å². The fourth-order valence-electron chi connectivity index (χ4n) is 4.42. The second-order valence-corrected chi connectivity index (χ2v) is 7.24. The highest BCUT2D eigenvalue weighted by atomic mass is 16.6. The molecule has 0 fully saturated rings. The first-order valence-corrected chi connectivity index (χ1v) is 9.52. The van der Waals surface area contributed by atoms with Gasteiger partial charge in [0.2, 0.25) is 0 Å². The molecule has 2 aliphatic heterocycles. The number of benzene rings is 2. The van der Waals surface area contributed by atoms with Crippen LogP contribution >= 0.6 is 0 Å². The number of fused-ring (bicyclic) bond motifs is 4. The molecule has 0 amide bonds. The minimum absolute atomic E-state index is 0.382. The minimum Gasteiger partial charge on any atom is -0.497 e. The van der Waals surface area contributed by atoms with Crippen LogP contribution in [-0.4, -0.2) is 43.7 Å². The van der Waals surface area contributed by atoms with E-state index in [0.29, 0.717) is 23.6 Å². The zero-order valence-electron chi connectivity index (χ0n) is 16.6. The van der Waals surface area contributed by atoms with Gasteiger partial charge in [-0.1, -0.05) is 0 Å². The van der Waals surface area contributed by atoms with Crippen LogP contribution in [0.15, 0.2) is 30.3 Å². The van der Waals surface area contributed by atoms with Crippen molar-refractivity contribution in [3.05, 3.63) is 52.7 Å². The first-order valence-electron chi connectivity index (χ1n) is 9.52. The van der Waals surface area contributed by atoms with E-state index in [2.05, 4.69) is 16.0 Å². The van der Waals surface area contributed by atoms with Crippen LogP contribution in [-0.2, 0) is 17.7 Å². The van der Waals surface area contributed by atoms with Gasteiger partial charge in [0.15, 0.2) is 17.7 Å². The summed E-state index contributed by atoms with van der Waals surface area (Å²) in [6.07, 6.45) is 0.422. The average molecular weight is 394 g/mol. The average Bonchev–Trinajstić information content (AvgIpc) is 3.29. The number of esters is 1. The summed E-state index contributed by atoms with van der Waals surface area (Å²) < 4.78 is 21.9. The van der Waals surface area contributed by atoms with E-state index in [4.69, 9.17) is 18.9 Å². The lowest BCUT2D eigenvalue weighted by atomic mass is 10.0. The Labute approximate surface area is 168 Å². The summed E-state index contributed by atoms with van der Waals surface area (Å²) in [6, 6.07) is 9.77. The topological polar surface area (TPSA) is 73.0 Å². The molecule has 0 saturated carbocycles. The van der Waals surface area contributed by atoms with Crippen molar-refractivity contribution in [2.45, 2.75) is 19.2 Å². The highest BCUT2D eigenvalue weighted by Crippen LogP contribution is 2.44. The first-order chi connectivity index (χ1) is 14.1. The molecule has 1 N–H and O–H groups in total. The molecule has 1 atom stereocenters. The quantitative estimate of drug-likeness (QED) is 0.684. The van der Waals surface area contributed by atoms with Gasteiger partial charge in [-0.3, -0.25) is 4.90 Å². The summed E-state index contributed by atoms with van der Waals surface area (Å²) in [4.78, 5) is 18.3. The van der Waals surface area contributed by atoms with Gasteiger partial charge in [0.1, 0.15) is 11.3 Å². The molecule has 0 spiro atoms. The van der Waals surface area contributed by atoms with Crippen molar-refractivity contribution in [1.82, 2.24) is 9.88 Å². The molecule has 5 rings (SSSR count). The smallest absolute Gasteiger partial charge is 0.344 e. The van der Waals surface area contributed by atoms with Crippen LogP contribution in [0.25, 0.3) is 10.9 Å². The lowest BCUT2D eigenvalue weighted by Crippen LogP contribution is -2.34. The molecule has 0 unspecified atom stereocenters. The Hall–Kier alpha value is -3.19. The number of methoxy groups -OCH3 is 3. The van der Waals surface area contributed by atoms with Gasteiger partial charge in [0, 0.05) is 35.2 Å². The second kappa shape index (κ2) is 6.70. The van der Waals surface area contributed by atoms with Gasteiger partial charge in [0.25, 0.3) is 0 Å². The second-order valence-electron chi connectivity index (χ2n) is 7.24. The van der Waals surface area contributed by atoms with Crippen LogP contribution < -0.4 is 14.2 Å². The number of nitrogens with zero attached hydrogens (tertiary/aromatic N) is 1. The van der Waals surface area contributed by atoms with Crippen LogP contribution in [0.4, 0.5) is 0 Å². The number of hydrogen-bond donors (Lipinski definition) is 1. The van der Waals surface area contributed by atoms with Gasteiger partial charge in [-0.25, -0.2) is 4.79 Å².